The van der Waals surface area contributed by atoms with Crippen molar-refractivity contribution in [3.8, 4) is 0 Å². The predicted molar refractivity (Wildman–Crippen MR) is 51.9 cm³/mol. The van der Waals surface area contributed by atoms with Crippen molar-refractivity contribution in [3.63, 3.8) is 0 Å². The van der Waals surface area contributed by atoms with Crippen LogP contribution in [0, 0.1) is 11.8 Å². The van der Waals surface area contributed by atoms with Gasteiger partial charge >= 0.3 is 0 Å². The second kappa shape index (κ2) is 2.94. The highest BCUT2D eigenvalue weighted by Crippen LogP contribution is 2.45. The molecule has 2 aliphatic rings. The first-order valence-electron chi connectivity index (χ1n) is 4.15. The van der Waals surface area contributed by atoms with Crippen molar-refractivity contribution in [1.82, 2.24) is 0 Å². The molecule has 0 aromatic heterocycles. The maximum atomic E-state index is 5.44. The molecule has 2 rings (SSSR count). The van der Waals surface area contributed by atoms with Crippen LogP contribution in [0.5, 0.6) is 0 Å². The summed E-state index contributed by atoms with van der Waals surface area (Å²) in [5.74, 6) is 1.71. The van der Waals surface area contributed by atoms with Gasteiger partial charge in [-0.25, -0.2) is 0 Å². The number of thiocarbonyl (C=S) groups is 1. The van der Waals surface area contributed by atoms with E-state index in [-0.39, 0.29) is 0 Å². The quantitative estimate of drug-likeness (QED) is 0.500. The molecule has 0 radical (unpaired) electrons. The number of rotatable bonds is 1. The average Bonchev–Trinajstić information content (AvgIpc) is 2.45. The largest absolute Gasteiger partial charge is 0.475 e. The Morgan fingerprint density at radius 2 is 2.18 bits per heavy atom. The molecule has 3 atom stereocenters. The van der Waals surface area contributed by atoms with E-state index in [1.165, 1.54) is 25.7 Å². The van der Waals surface area contributed by atoms with Gasteiger partial charge in [-0.05, 0) is 49.7 Å². The zero-order valence-electron chi connectivity index (χ0n) is 6.32. The van der Waals surface area contributed by atoms with Crippen molar-refractivity contribution < 1.29 is 4.74 Å². The molecule has 0 N–H and O–H groups in total. The van der Waals surface area contributed by atoms with Crippen molar-refractivity contribution in [1.29, 1.82) is 0 Å². The SMILES string of the molecule is S=C(S)OC1CC2CCC1C2. The van der Waals surface area contributed by atoms with Crippen molar-refractivity contribution in [2.75, 3.05) is 0 Å². The van der Waals surface area contributed by atoms with E-state index in [9.17, 15) is 0 Å². The molecule has 3 unspecified atom stereocenters. The molecular formula is C8H12OS2. The molecule has 0 amide bonds. The van der Waals surface area contributed by atoms with Crippen LogP contribution in [0.15, 0.2) is 0 Å². The van der Waals surface area contributed by atoms with E-state index in [0.717, 1.165) is 11.8 Å². The lowest BCUT2D eigenvalue weighted by molar-refractivity contribution is 0.136. The Morgan fingerprint density at radius 3 is 2.64 bits per heavy atom. The molecule has 3 heteroatoms. The molecule has 0 heterocycles. The zero-order chi connectivity index (χ0) is 7.84. The van der Waals surface area contributed by atoms with Gasteiger partial charge in [-0.3, -0.25) is 0 Å². The monoisotopic (exact) mass is 188 g/mol. The highest BCUT2D eigenvalue weighted by Gasteiger charge is 2.40. The molecular weight excluding hydrogens is 176 g/mol. The molecule has 2 bridgehead atoms. The van der Waals surface area contributed by atoms with Gasteiger partial charge < -0.3 is 4.74 Å². The van der Waals surface area contributed by atoms with E-state index >= 15 is 0 Å². The molecule has 2 saturated carbocycles. The van der Waals surface area contributed by atoms with Crippen molar-refractivity contribution in [2.24, 2.45) is 11.8 Å². The predicted octanol–water partition coefficient (Wildman–Crippen LogP) is 2.41. The lowest BCUT2D eigenvalue weighted by Gasteiger charge is -2.21. The standard InChI is InChI=1S/C8H12OS2/c10-8(11)9-7-4-5-1-2-6(7)3-5/h5-7H,1-4H2,(H,10,11). The molecule has 0 aliphatic heterocycles. The summed E-state index contributed by atoms with van der Waals surface area (Å²) in [7, 11) is 0. The summed E-state index contributed by atoms with van der Waals surface area (Å²) in [6.45, 7) is 0. The minimum Gasteiger partial charge on any atom is -0.475 e. The Balaban J connectivity index is 1.92. The Bertz CT molecular complexity index is 181. The van der Waals surface area contributed by atoms with E-state index in [0.29, 0.717) is 10.5 Å². The number of ether oxygens (including phenoxy) is 1. The van der Waals surface area contributed by atoms with Crippen LogP contribution in [0.25, 0.3) is 0 Å². The Kier molecular flexibility index (Phi) is 2.10. The van der Waals surface area contributed by atoms with Gasteiger partial charge in [0.25, 0.3) is 0 Å². The molecule has 1 nitrogen and oxygen atoms in total. The minimum atomic E-state index is 0.402. The first-order valence-corrected chi connectivity index (χ1v) is 5.01. The number of fused-ring (bicyclic) bond motifs is 2. The van der Waals surface area contributed by atoms with Crippen LogP contribution in [0.1, 0.15) is 25.7 Å². The molecule has 0 saturated heterocycles. The van der Waals surface area contributed by atoms with Gasteiger partial charge in [-0.2, -0.15) is 0 Å². The van der Waals surface area contributed by atoms with Gasteiger partial charge in [0.1, 0.15) is 6.10 Å². The Morgan fingerprint density at radius 1 is 1.36 bits per heavy atom. The Labute approximate surface area is 77.9 Å². The van der Waals surface area contributed by atoms with E-state index in [4.69, 9.17) is 17.0 Å². The van der Waals surface area contributed by atoms with Crippen molar-refractivity contribution in [3.05, 3.63) is 0 Å². The van der Waals surface area contributed by atoms with Gasteiger partial charge in [0, 0.05) is 0 Å². The lowest BCUT2D eigenvalue weighted by atomic mass is 9.98. The average molecular weight is 188 g/mol. The number of thiol groups is 1. The Hall–Kier alpha value is 0.240. The maximum absolute atomic E-state index is 5.44. The van der Waals surface area contributed by atoms with Gasteiger partial charge in [0.2, 0.25) is 4.38 Å². The fourth-order valence-electron chi connectivity index (χ4n) is 2.46. The van der Waals surface area contributed by atoms with E-state index < -0.39 is 0 Å². The van der Waals surface area contributed by atoms with Crippen LogP contribution in [-0.4, -0.2) is 10.5 Å². The van der Waals surface area contributed by atoms with Crippen LogP contribution in [0.2, 0.25) is 0 Å². The molecule has 62 valence electrons. The van der Waals surface area contributed by atoms with Crippen LogP contribution in [0.3, 0.4) is 0 Å². The summed E-state index contributed by atoms with van der Waals surface area (Å²) in [5, 5.41) is 0. The highest BCUT2D eigenvalue weighted by atomic mass is 32.1. The third kappa shape index (κ3) is 1.54. The van der Waals surface area contributed by atoms with Gasteiger partial charge in [0.05, 0.1) is 0 Å². The van der Waals surface area contributed by atoms with E-state index in [1.54, 1.807) is 0 Å². The third-order valence-electron chi connectivity index (χ3n) is 2.93. The van der Waals surface area contributed by atoms with Gasteiger partial charge in [0.15, 0.2) is 0 Å². The molecule has 2 fully saturated rings. The lowest BCUT2D eigenvalue weighted by Crippen LogP contribution is -2.21. The molecule has 0 spiro atoms. The second-order valence-corrected chi connectivity index (χ2v) is 4.68. The first-order chi connectivity index (χ1) is 5.25. The fourth-order valence-corrected chi connectivity index (χ4v) is 2.72. The number of hydrogen-bond donors (Lipinski definition) is 1. The molecule has 11 heavy (non-hydrogen) atoms. The topological polar surface area (TPSA) is 9.23 Å². The second-order valence-electron chi connectivity index (χ2n) is 3.60. The van der Waals surface area contributed by atoms with Gasteiger partial charge in [-0.15, -0.1) is 0 Å². The van der Waals surface area contributed by atoms with Crippen LogP contribution in [0.4, 0.5) is 0 Å². The highest BCUT2D eigenvalue weighted by molar-refractivity contribution is 8.10. The van der Waals surface area contributed by atoms with E-state index in [1.807, 2.05) is 0 Å². The van der Waals surface area contributed by atoms with Crippen LogP contribution < -0.4 is 0 Å². The third-order valence-corrected chi connectivity index (χ3v) is 3.13. The summed E-state index contributed by atoms with van der Waals surface area (Å²) < 4.78 is 5.86. The first kappa shape index (κ1) is 7.87. The van der Waals surface area contributed by atoms with E-state index in [2.05, 4.69) is 12.6 Å². The van der Waals surface area contributed by atoms with Crippen LogP contribution >= 0.6 is 24.8 Å². The molecule has 0 aromatic rings. The number of hydrogen-bond acceptors (Lipinski definition) is 2. The van der Waals surface area contributed by atoms with Crippen molar-refractivity contribution >= 4 is 29.2 Å². The normalized spacial score (nSPS) is 41.0. The summed E-state index contributed by atoms with van der Waals surface area (Å²) in [6.07, 6.45) is 5.72. The van der Waals surface area contributed by atoms with Crippen LogP contribution in [-0.2, 0) is 4.74 Å². The maximum Gasteiger partial charge on any atom is 0.217 e. The fraction of sp³-hybridized carbons (Fsp3) is 0.875. The summed E-state index contributed by atoms with van der Waals surface area (Å²) >= 11 is 8.77. The zero-order valence-corrected chi connectivity index (χ0v) is 8.04. The summed E-state index contributed by atoms with van der Waals surface area (Å²) in [5.41, 5.74) is 0. The molecule has 0 aromatic carbocycles. The summed E-state index contributed by atoms with van der Waals surface area (Å²) in [4.78, 5) is 0. The molecule has 2 aliphatic carbocycles. The summed E-state index contributed by atoms with van der Waals surface area (Å²) in [6, 6.07) is 0. The van der Waals surface area contributed by atoms with Crippen molar-refractivity contribution in [2.45, 2.75) is 31.8 Å². The smallest absolute Gasteiger partial charge is 0.217 e. The minimum absolute atomic E-state index is 0.402. The van der Waals surface area contributed by atoms with Gasteiger partial charge in [-0.1, -0.05) is 12.6 Å².